The minimum atomic E-state index is -0.657. The molecule has 11 heteroatoms. The zero-order valence-electron chi connectivity index (χ0n) is 19.3. The maximum absolute atomic E-state index is 12.0. The Hall–Kier alpha value is -4.93. The van der Waals surface area contributed by atoms with Crippen molar-refractivity contribution in [1.82, 2.24) is 24.7 Å². The number of nitrogens with zero attached hydrogens (tertiary/aromatic N) is 6. The van der Waals surface area contributed by atoms with Gasteiger partial charge in [-0.25, -0.2) is 9.97 Å². The number of phenolic OH excluding ortho intramolecular Hbond substituents is 1. The molecule has 1 amide bonds. The monoisotopic (exact) mass is 482 g/mol. The Morgan fingerprint density at radius 3 is 2.61 bits per heavy atom. The average Bonchev–Trinajstić information content (AvgIpc) is 3.44. The van der Waals surface area contributed by atoms with E-state index in [-0.39, 0.29) is 17.4 Å². The lowest BCUT2D eigenvalue weighted by atomic mass is 9.97. The Labute approximate surface area is 205 Å². The first kappa shape index (κ1) is 21.6. The molecule has 0 unspecified atom stereocenters. The Kier molecular flexibility index (Phi) is 5.03. The SMILES string of the molecule is Cn1cc(Nc2ncc(C3CN(c4nc5ccc(-c6ccc(O)cc6)cc5o4)C3)nc2C(N)=O)cn1. The van der Waals surface area contributed by atoms with Crippen LogP contribution in [0.2, 0.25) is 0 Å². The van der Waals surface area contributed by atoms with Gasteiger partial charge in [0.05, 0.1) is 23.8 Å². The van der Waals surface area contributed by atoms with Gasteiger partial charge in [-0.15, -0.1) is 0 Å². The number of aromatic hydroxyl groups is 1. The van der Waals surface area contributed by atoms with E-state index in [4.69, 9.17) is 10.2 Å². The van der Waals surface area contributed by atoms with Gasteiger partial charge >= 0.3 is 0 Å². The molecule has 0 radical (unpaired) electrons. The Morgan fingerprint density at radius 2 is 1.89 bits per heavy atom. The van der Waals surface area contributed by atoms with Gasteiger partial charge in [0.2, 0.25) is 0 Å². The first-order chi connectivity index (χ1) is 17.4. The third kappa shape index (κ3) is 3.96. The molecule has 0 aliphatic carbocycles. The van der Waals surface area contributed by atoms with E-state index in [1.165, 1.54) is 0 Å². The van der Waals surface area contributed by atoms with Crippen molar-refractivity contribution < 1.29 is 14.3 Å². The molecule has 1 aliphatic heterocycles. The molecule has 1 aliphatic rings. The van der Waals surface area contributed by atoms with E-state index >= 15 is 0 Å². The smallest absolute Gasteiger partial charge is 0.298 e. The number of anilines is 3. The summed E-state index contributed by atoms with van der Waals surface area (Å²) in [5.41, 5.74) is 10.4. The number of oxazole rings is 1. The predicted octanol–water partition coefficient (Wildman–Crippen LogP) is 3.17. The summed E-state index contributed by atoms with van der Waals surface area (Å²) in [7, 11) is 1.79. The highest BCUT2D eigenvalue weighted by atomic mass is 16.4. The van der Waals surface area contributed by atoms with Crippen LogP contribution in [0.1, 0.15) is 22.1 Å². The molecule has 6 rings (SSSR count). The summed E-state index contributed by atoms with van der Waals surface area (Å²) in [5, 5.41) is 16.7. The Bertz CT molecular complexity index is 1580. The fourth-order valence-electron chi connectivity index (χ4n) is 4.19. The molecule has 2 aromatic carbocycles. The largest absolute Gasteiger partial charge is 0.508 e. The normalized spacial score (nSPS) is 13.6. The second kappa shape index (κ2) is 8.38. The highest BCUT2D eigenvalue weighted by Gasteiger charge is 2.33. The number of hydrogen-bond acceptors (Lipinski definition) is 9. The van der Waals surface area contributed by atoms with E-state index in [9.17, 15) is 9.90 Å². The van der Waals surface area contributed by atoms with Crippen molar-refractivity contribution in [2.75, 3.05) is 23.3 Å². The van der Waals surface area contributed by atoms with Gasteiger partial charge in [0.15, 0.2) is 17.1 Å². The van der Waals surface area contributed by atoms with Gasteiger partial charge in [-0.05, 0) is 35.4 Å². The Balaban J connectivity index is 1.18. The third-order valence-corrected chi connectivity index (χ3v) is 6.14. The summed E-state index contributed by atoms with van der Waals surface area (Å²) in [6.07, 6.45) is 5.04. The number of aromatic nitrogens is 5. The molecule has 5 aromatic rings. The molecular formula is C25H22N8O3. The summed E-state index contributed by atoms with van der Waals surface area (Å²) in [6.45, 7) is 1.25. The van der Waals surface area contributed by atoms with Crippen molar-refractivity contribution in [3.05, 3.63) is 72.4 Å². The molecule has 36 heavy (non-hydrogen) atoms. The molecular weight excluding hydrogens is 460 g/mol. The maximum atomic E-state index is 12.0. The zero-order chi connectivity index (χ0) is 24.8. The first-order valence-corrected chi connectivity index (χ1v) is 11.3. The molecule has 1 saturated heterocycles. The highest BCUT2D eigenvalue weighted by molar-refractivity contribution is 5.96. The number of nitrogens with two attached hydrogens (primary N) is 1. The summed E-state index contributed by atoms with van der Waals surface area (Å²) < 4.78 is 7.67. The molecule has 0 bridgehead atoms. The van der Waals surface area contributed by atoms with Gasteiger partial charge < -0.3 is 25.5 Å². The summed E-state index contributed by atoms with van der Waals surface area (Å²) in [4.78, 5) is 27.6. The van der Waals surface area contributed by atoms with Crippen LogP contribution in [0.4, 0.5) is 17.5 Å². The number of rotatable bonds is 6. The van der Waals surface area contributed by atoms with Crippen molar-refractivity contribution in [2.45, 2.75) is 5.92 Å². The zero-order valence-corrected chi connectivity index (χ0v) is 19.3. The van der Waals surface area contributed by atoms with E-state index in [1.807, 2.05) is 35.2 Å². The number of benzene rings is 2. The average molecular weight is 483 g/mol. The number of phenols is 1. The number of hydrogen-bond donors (Lipinski definition) is 3. The summed E-state index contributed by atoms with van der Waals surface area (Å²) >= 11 is 0. The van der Waals surface area contributed by atoms with Crippen LogP contribution in [0.5, 0.6) is 5.75 Å². The van der Waals surface area contributed by atoms with E-state index in [2.05, 4.69) is 25.4 Å². The molecule has 1 fully saturated rings. The molecule has 180 valence electrons. The van der Waals surface area contributed by atoms with E-state index in [0.29, 0.717) is 41.9 Å². The number of amides is 1. The summed E-state index contributed by atoms with van der Waals surface area (Å²) in [6, 6.07) is 13.4. The fraction of sp³-hybridized carbons (Fsp3) is 0.160. The number of fused-ring (bicyclic) bond motifs is 1. The number of nitrogens with one attached hydrogen (secondary N) is 1. The molecule has 3 aromatic heterocycles. The number of carbonyl (C=O) groups excluding carboxylic acids is 1. The number of primary amides is 1. The molecule has 4 N–H and O–H groups in total. The minimum absolute atomic E-state index is 0.0608. The highest BCUT2D eigenvalue weighted by Crippen LogP contribution is 2.34. The quantitative estimate of drug-likeness (QED) is 0.332. The van der Waals surface area contributed by atoms with Crippen molar-refractivity contribution in [1.29, 1.82) is 0 Å². The maximum Gasteiger partial charge on any atom is 0.298 e. The molecule has 11 nitrogen and oxygen atoms in total. The second-order valence-electron chi connectivity index (χ2n) is 8.71. The van der Waals surface area contributed by atoms with Gasteiger partial charge in [-0.2, -0.15) is 10.1 Å². The Morgan fingerprint density at radius 1 is 1.11 bits per heavy atom. The standard InChI is InChI=1S/C25H22N8O3/c1-32-13-17(9-28-32)29-24-22(23(26)35)30-20(10-27-24)16-11-33(12-16)25-31-19-7-4-15(8-21(19)36-25)14-2-5-18(34)6-3-14/h2-10,13,16,34H,11-12H2,1H3,(H2,26,35)(H,27,29). The van der Waals surface area contributed by atoms with E-state index < -0.39 is 5.91 Å². The van der Waals surface area contributed by atoms with Crippen molar-refractivity contribution in [3.8, 4) is 16.9 Å². The fourth-order valence-corrected chi connectivity index (χ4v) is 4.19. The lowest BCUT2D eigenvalue weighted by Gasteiger charge is -2.37. The van der Waals surface area contributed by atoms with Crippen LogP contribution in [-0.2, 0) is 7.05 Å². The van der Waals surface area contributed by atoms with Gasteiger partial charge in [0.25, 0.3) is 11.9 Å². The second-order valence-corrected chi connectivity index (χ2v) is 8.71. The molecule has 0 spiro atoms. The molecule has 0 atom stereocenters. The summed E-state index contributed by atoms with van der Waals surface area (Å²) in [5.74, 6) is -0.0825. The van der Waals surface area contributed by atoms with Gasteiger partial charge in [-0.1, -0.05) is 18.2 Å². The van der Waals surface area contributed by atoms with Crippen molar-refractivity contribution >= 4 is 34.5 Å². The lowest BCUT2D eigenvalue weighted by Crippen LogP contribution is -2.45. The van der Waals surface area contributed by atoms with Crippen LogP contribution >= 0.6 is 0 Å². The van der Waals surface area contributed by atoms with Crippen LogP contribution in [-0.4, -0.2) is 48.8 Å². The van der Waals surface area contributed by atoms with Gasteiger partial charge in [0.1, 0.15) is 11.3 Å². The third-order valence-electron chi connectivity index (χ3n) is 6.14. The van der Waals surface area contributed by atoms with Crippen LogP contribution in [0.25, 0.3) is 22.2 Å². The predicted molar refractivity (Wildman–Crippen MR) is 133 cm³/mol. The van der Waals surface area contributed by atoms with Crippen molar-refractivity contribution in [3.63, 3.8) is 0 Å². The van der Waals surface area contributed by atoms with Gasteiger partial charge in [0, 0.05) is 32.3 Å². The number of carbonyl (C=O) groups is 1. The molecule has 4 heterocycles. The van der Waals surface area contributed by atoms with E-state index in [0.717, 1.165) is 16.6 Å². The minimum Gasteiger partial charge on any atom is -0.508 e. The number of aryl methyl sites for hydroxylation is 1. The van der Waals surface area contributed by atoms with E-state index in [1.54, 1.807) is 42.5 Å². The van der Waals surface area contributed by atoms with Crippen LogP contribution < -0.4 is 16.0 Å². The van der Waals surface area contributed by atoms with Crippen molar-refractivity contribution in [2.24, 2.45) is 12.8 Å². The van der Waals surface area contributed by atoms with Crippen LogP contribution in [0, 0.1) is 0 Å². The van der Waals surface area contributed by atoms with Gasteiger partial charge in [-0.3, -0.25) is 9.48 Å². The van der Waals surface area contributed by atoms with Crippen LogP contribution in [0.3, 0.4) is 0 Å². The lowest BCUT2D eigenvalue weighted by molar-refractivity contribution is 0.0995. The topological polar surface area (TPSA) is 148 Å². The van der Waals surface area contributed by atoms with Crippen LogP contribution in [0.15, 0.2) is 65.5 Å². The molecule has 0 saturated carbocycles. The first-order valence-electron chi connectivity index (χ1n) is 11.3.